The van der Waals surface area contributed by atoms with Crippen molar-refractivity contribution in [1.29, 1.82) is 0 Å². The molecule has 0 amide bonds. The lowest BCUT2D eigenvalue weighted by atomic mass is 10.1. The topological polar surface area (TPSA) is 38.7 Å². The van der Waals surface area contributed by atoms with E-state index in [1.165, 1.54) is 0 Å². The molecule has 0 fully saturated rings. The Morgan fingerprint density at radius 2 is 1.65 bits per heavy atom. The van der Waals surface area contributed by atoms with Crippen molar-refractivity contribution in [2.75, 3.05) is 13.7 Å². The van der Waals surface area contributed by atoms with E-state index in [-0.39, 0.29) is 0 Å². The van der Waals surface area contributed by atoms with Gasteiger partial charge in [0.25, 0.3) is 0 Å². The summed E-state index contributed by atoms with van der Waals surface area (Å²) < 4.78 is 10.6. The molecule has 0 bridgehead atoms. The number of benzene rings is 2. The van der Waals surface area contributed by atoms with Crippen LogP contribution in [-0.2, 0) is 0 Å². The second-order valence-corrected chi connectivity index (χ2v) is 4.03. The molecule has 0 aliphatic carbocycles. The Bertz CT molecular complexity index is 506. The summed E-state index contributed by atoms with van der Waals surface area (Å²) in [6.45, 7) is 2.01. The van der Waals surface area contributed by atoms with Gasteiger partial charge in [-0.25, -0.2) is 0 Å². The highest BCUT2D eigenvalue weighted by Crippen LogP contribution is 2.24. The van der Waals surface area contributed by atoms with Crippen LogP contribution >= 0.6 is 0 Å². The summed E-state index contributed by atoms with van der Waals surface area (Å²) in [5.41, 5.74) is 0. The number of aliphatic hydroxyl groups excluding tert-OH is 1. The zero-order chi connectivity index (χ0) is 12.3. The van der Waals surface area contributed by atoms with Crippen LogP contribution in [0.25, 0.3) is 10.8 Å². The first-order chi connectivity index (χ1) is 8.19. The van der Waals surface area contributed by atoms with E-state index in [9.17, 15) is 0 Å². The fourth-order valence-corrected chi connectivity index (χ4v) is 1.64. The summed E-state index contributed by atoms with van der Waals surface area (Å²) in [5.74, 6) is 1.61. The van der Waals surface area contributed by atoms with Crippen LogP contribution in [0.5, 0.6) is 11.5 Å². The molecule has 1 atom stereocenters. The molecular formula is C14H16O3. The molecule has 90 valence electrons. The normalized spacial score (nSPS) is 12.4. The molecule has 0 aliphatic rings. The molecule has 0 aliphatic heterocycles. The van der Waals surface area contributed by atoms with E-state index in [1.54, 1.807) is 14.0 Å². The first-order valence-corrected chi connectivity index (χ1v) is 5.58. The Hall–Kier alpha value is -1.74. The van der Waals surface area contributed by atoms with Crippen LogP contribution in [-0.4, -0.2) is 24.9 Å². The lowest BCUT2D eigenvalue weighted by Crippen LogP contribution is -2.12. The van der Waals surface area contributed by atoms with Gasteiger partial charge in [0.1, 0.15) is 18.1 Å². The number of aliphatic hydroxyl groups is 1. The van der Waals surface area contributed by atoms with Gasteiger partial charge in [-0.3, -0.25) is 0 Å². The number of ether oxygens (including phenoxy) is 2. The minimum absolute atomic E-state index is 0.307. The summed E-state index contributed by atoms with van der Waals surface area (Å²) in [6, 6.07) is 11.7. The average Bonchev–Trinajstić information content (AvgIpc) is 2.35. The first kappa shape index (κ1) is 11.7. The Balaban J connectivity index is 2.25. The second-order valence-electron chi connectivity index (χ2n) is 4.03. The Kier molecular flexibility index (Phi) is 3.49. The molecule has 2 aromatic rings. The molecule has 1 unspecified atom stereocenters. The van der Waals surface area contributed by atoms with E-state index in [4.69, 9.17) is 14.6 Å². The number of fused-ring (bicyclic) bond motifs is 1. The van der Waals surface area contributed by atoms with E-state index in [0.29, 0.717) is 6.61 Å². The highest BCUT2D eigenvalue weighted by molar-refractivity contribution is 5.85. The van der Waals surface area contributed by atoms with Gasteiger partial charge in [0.15, 0.2) is 0 Å². The van der Waals surface area contributed by atoms with Gasteiger partial charge in [-0.2, -0.15) is 0 Å². The van der Waals surface area contributed by atoms with Crippen LogP contribution in [0.4, 0.5) is 0 Å². The van der Waals surface area contributed by atoms with Crippen molar-refractivity contribution in [1.82, 2.24) is 0 Å². The van der Waals surface area contributed by atoms with Crippen LogP contribution < -0.4 is 9.47 Å². The maximum atomic E-state index is 9.15. The highest BCUT2D eigenvalue weighted by Gasteiger charge is 2.01. The van der Waals surface area contributed by atoms with Crippen molar-refractivity contribution in [2.24, 2.45) is 0 Å². The molecule has 0 saturated carbocycles. The quantitative estimate of drug-likeness (QED) is 0.880. The van der Waals surface area contributed by atoms with Crippen LogP contribution in [0, 0.1) is 0 Å². The van der Waals surface area contributed by atoms with Crippen molar-refractivity contribution >= 4 is 10.8 Å². The third-order valence-electron chi connectivity index (χ3n) is 2.51. The maximum absolute atomic E-state index is 9.15. The standard InChI is InChI=1S/C14H16O3/c1-10(15)9-17-14-6-4-11-7-13(16-2)5-3-12(11)8-14/h3-8,10,15H,9H2,1-2H3. The van der Waals surface area contributed by atoms with E-state index >= 15 is 0 Å². The van der Waals surface area contributed by atoms with E-state index in [1.807, 2.05) is 36.4 Å². The maximum Gasteiger partial charge on any atom is 0.120 e. The predicted octanol–water partition coefficient (Wildman–Crippen LogP) is 2.61. The molecule has 1 N–H and O–H groups in total. The van der Waals surface area contributed by atoms with Gasteiger partial charge in [-0.1, -0.05) is 12.1 Å². The molecule has 0 saturated heterocycles. The molecule has 2 aromatic carbocycles. The Morgan fingerprint density at radius 1 is 1.06 bits per heavy atom. The van der Waals surface area contributed by atoms with Crippen LogP contribution in [0.2, 0.25) is 0 Å². The van der Waals surface area contributed by atoms with Gasteiger partial charge in [-0.05, 0) is 42.0 Å². The Labute approximate surface area is 101 Å². The van der Waals surface area contributed by atoms with Gasteiger partial charge in [0.05, 0.1) is 13.2 Å². The van der Waals surface area contributed by atoms with Crippen molar-refractivity contribution in [2.45, 2.75) is 13.0 Å². The molecule has 17 heavy (non-hydrogen) atoms. The monoisotopic (exact) mass is 232 g/mol. The molecule has 0 heterocycles. The number of hydrogen-bond acceptors (Lipinski definition) is 3. The molecule has 0 radical (unpaired) electrons. The predicted molar refractivity (Wildman–Crippen MR) is 67.7 cm³/mol. The molecule has 3 nitrogen and oxygen atoms in total. The van der Waals surface area contributed by atoms with Gasteiger partial charge in [0, 0.05) is 0 Å². The molecule has 3 heteroatoms. The zero-order valence-electron chi connectivity index (χ0n) is 10.0. The van der Waals surface area contributed by atoms with E-state index < -0.39 is 6.10 Å². The summed E-state index contributed by atoms with van der Waals surface area (Å²) in [6.07, 6.45) is -0.457. The van der Waals surface area contributed by atoms with Gasteiger partial charge >= 0.3 is 0 Å². The molecule has 0 spiro atoms. The van der Waals surface area contributed by atoms with E-state index in [2.05, 4.69) is 0 Å². The average molecular weight is 232 g/mol. The number of hydrogen-bond donors (Lipinski definition) is 1. The fraction of sp³-hybridized carbons (Fsp3) is 0.286. The van der Waals surface area contributed by atoms with Crippen LogP contribution in [0.3, 0.4) is 0 Å². The van der Waals surface area contributed by atoms with Crippen LogP contribution in [0.15, 0.2) is 36.4 Å². The lowest BCUT2D eigenvalue weighted by Gasteiger charge is -2.09. The number of methoxy groups -OCH3 is 1. The molecule has 0 aromatic heterocycles. The smallest absolute Gasteiger partial charge is 0.120 e. The van der Waals surface area contributed by atoms with E-state index in [0.717, 1.165) is 22.3 Å². The number of rotatable bonds is 4. The van der Waals surface area contributed by atoms with Crippen LogP contribution in [0.1, 0.15) is 6.92 Å². The van der Waals surface area contributed by atoms with Gasteiger partial charge < -0.3 is 14.6 Å². The molecular weight excluding hydrogens is 216 g/mol. The summed E-state index contributed by atoms with van der Waals surface area (Å²) in [5, 5.41) is 11.4. The van der Waals surface area contributed by atoms with Gasteiger partial charge in [0.2, 0.25) is 0 Å². The summed E-state index contributed by atoms with van der Waals surface area (Å²) >= 11 is 0. The fourth-order valence-electron chi connectivity index (χ4n) is 1.64. The highest BCUT2D eigenvalue weighted by atomic mass is 16.5. The Morgan fingerprint density at radius 3 is 2.24 bits per heavy atom. The SMILES string of the molecule is COc1ccc2cc(OCC(C)O)ccc2c1. The van der Waals surface area contributed by atoms with Crippen molar-refractivity contribution < 1.29 is 14.6 Å². The summed E-state index contributed by atoms with van der Waals surface area (Å²) in [7, 11) is 1.65. The third kappa shape index (κ3) is 2.88. The first-order valence-electron chi connectivity index (χ1n) is 5.58. The van der Waals surface area contributed by atoms with Crippen molar-refractivity contribution in [3.05, 3.63) is 36.4 Å². The minimum atomic E-state index is -0.457. The third-order valence-corrected chi connectivity index (χ3v) is 2.51. The minimum Gasteiger partial charge on any atom is -0.497 e. The van der Waals surface area contributed by atoms with Gasteiger partial charge in [-0.15, -0.1) is 0 Å². The molecule has 2 rings (SSSR count). The largest absolute Gasteiger partial charge is 0.497 e. The lowest BCUT2D eigenvalue weighted by molar-refractivity contribution is 0.123. The second kappa shape index (κ2) is 5.06. The summed E-state index contributed by atoms with van der Waals surface area (Å²) in [4.78, 5) is 0. The van der Waals surface area contributed by atoms with Crippen molar-refractivity contribution in [3.63, 3.8) is 0 Å². The van der Waals surface area contributed by atoms with Crippen molar-refractivity contribution in [3.8, 4) is 11.5 Å². The zero-order valence-corrected chi connectivity index (χ0v) is 10.0.